The van der Waals surface area contributed by atoms with Crippen LogP contribution in [0.2, 0.25) is 0 Å². The molecule has 8 heteroatoms. The van der Waals surface area contributed by atoms with Crippen LogP contribution in [0.5, 0.6) is 0 Å². The molecule has 0 saturated carbocycles. The molecule has 182 valence electrons. The highest BCUT2D eigenvalue weighted by atomic mass is 16.5. The molecule has 4 N–H and O–H groups in total. The summed E-state index contributed by atoms with van der Waals surface area (Å²) in [6, 6.07) is 16.4. The third-order valence-electron chi connectivity index (χ3n) is 6.14. The van der Waals surface area contributed by atoms with Crippen LogP contribution >= 0.6 is 0 Å². The highest BCUT2D eigenvalue weighted by Crippen LogP contribution is 2.44. The van der Waals surface area contributed by atoms with Crippen molar-refractivity contribution in [2.45, 2.75) is 44.6 Å². The number of aliphatic hydroxyl groups is 1. The second kappa shape index (κ2) is 12.2. The van der Waals surface area contributed by atoms with Gasteiger partial charge in [0.1, 0.15) is 6.61 Å². The van der Waals surface area contributed by atoms with Crippen LogP contribution in [0, 0.1) is 5.92 Å². The molecule has 0 bridgehead atoms. The van der Waals surface area contributed by atoms with Crippen molar-refractivity contribution in [3.63, 3.8) is 0 Å². The van der Waals surface area contributed by atoms with Gasteiger partial charge in [-0.05, 0) is 41.0 Å². The van der Waals surface area contributed by atoms with Crippen LogP contribution in [0.15, 0.2) is 48.5 Å². The van der Waals surface area contributed by atoms with Crippen molar-refractivity contribution in [1.82, 2.24) is 10.6 Å². The monoisotopic (exact) mass is 468 g/mol. The molecule has 0 aromatic heterocycles. The van der Waals surface area contributed by atoms with E-state index in [9.17, 15) is 19.5 Å². The first-order chi connectivity index (χ1) is 16.4. The molecule has 1 aliphatic carbocycles. The summed E-state index contributed by atoms with van der Waals surface area (Å²) in [4.78, 5) is 34.6. The van der Waals surface area contributed by atoms with Crippen molar-refractivity contribution >= 4 is 18.0 Å². The van der Waals surface area contributed by atoms with Crippen molar-refractivity contribution < 1.29 is 29.3 Å². The molecule has 1 unspecified atom stereocenters. The minimum atomic E-state index is -1.47. The summed E-state index contributed by atoms with van der Waals surface area (Å²) in [5, 5.41) is 23.2. The molecule has 2 atom stereocenters. The van der Waals surface area contributed by atoms with Crippen molar-refractivity contribution in [3.05, 3.63) is 59.7 Å². The van der Waals surface area contributed by atoms with Crippen LogP contribution in [0.3, 0.4) is 0 Å². The molecule has 0 heterocycles. The average Bonchev–Trinajstić information content (AvgIpc) is 3.15. The topological polar surface area (TPSA) is 125 Å². The average molecular weight is 469 g/mol. The fraction of sp³-hybridized carbons (Fsp3) is 0.423. The second-order valence-corrected chi connectivity index (χ2v) is 8.68. The normalized spacial score (nSPS) is 13.9. The maximum absolute atomic E-state index is 12.2. The van der Waals surface area contributed by atoms with Crippen LogP contribution in [0.25, 0.3) is 11.1 Å². The van der Waals surface area contributed by atoms with Gasteiger partial charge in [0.15, 0.2) is 6.10 Å². The van der Waals surface area contributed by atoms with Gasteiger partial charge in [0.05, 0.1) is 0 Å². The Hall–Kier alpha value is -3.39. The highest BCUT2D eigenvalue weighted by Gasteiger charge is 2.28. The molecule has 1 aliphatic rings. The summed E-state index contributed by atoms with van der Waals surface area (Å²) in [5.74, 6) is -1.25. The smallest absolute Gasteiger partial charge is 0.407 e. The van der Waals surface area contributed by atoms with E-state index in [0.717, 1.165) is 0 Å². The minimum absolute atomic E-state index is 0.0206. The number of aliphatic hydroxyl groups excluding tert-OH is 1. The van der Waals surface area contributed by atoms with Gasteiger partial charge in [0.2, 0.25) is 5.91 Å². The summed E-state index contributed by atoms with van der Waals surface area (Å²) in [6.07, 6.45) is -0.308. The molecule has 0 radical (unpaired) electrons. The Morgan fingerprint density at radius 2 is 1.50 bits per heavy atom. The van der Waals surface area contributed by atoms with E-state index >= 15 is 0 Å². The Morgan fingerprint density at radius 3 is 2.12 bits per heavy atom. The number of alkyl carbamates (subject to hydrolysis) is 1. The number of amides is 2. The van der Waals surface area contributed by atoms with Gasteiger partial charge in [0, 0.05) is 31.8 Å². The van der Waals surface area contributed by atoms with Gasteiger partial charge >= 0.3 is 12.1 Å². The van der Waals surface area contributed by atoms with Gasteiger partial charge < -0.3 is 25.6 Å². The van der Waals surface area contributed by atoms with E-state index in [0.29, 0.717) is 25.8 Å². The van der Waals surface area contributed by atoms with Gasteiger partial charge in [-0.25, -0.2) is 9.59 Å². The Labute approximate surface area is 199 Å². The van der Waals surface area contributed by atoms with Crippen LogP contribution < -0.4 is 10.6 Å². The van der Waals surface area contributed by atoms with Crippen LogP contribution in [0.1, 0.15) is 49.7 Å². The minimum Gasteiger partial charge on any atom is -0.479 e. The van der Waals surface area contributed by atoms with Crippen molar-refractivity contribution in [2.24, 2.45) is 5.92 Å². The fourth-order valence-electron chi connectivity index (χ4n) is 4.15. The lowest BCUT2D eigenvalue weighted by Crippen LogP contribution is -2.30. The van der Waals surface area contributed by atoms with Crippen LogP contribution in [-0.4, -0.2) is 54.0 Å². The summed E-state index contributed by atoms with van der Waals surface area (Å²) in [5.41, 5.74) is 4.70. The number of ether oxygens (including phenoxy) is 1. The second-order valence-electron chi connectivity index (χ2n) is 8.68. The molecule has 0 fully saturated rings. The summed E-state index contributed by atoms with van der Waals surface area (Å²) < 4.78 is 5.52. The van der Waals surface area contributed by atoms with Crippen LogP contribution in [-0.2, 0) is 14.3 Å². The van der Waals surface area contributed by atoms with E-state index in [1.807, 2.05) is 31.2 Å². The zero-order chi connectivity index (χ0) is 24.5. The SMILES string of the molecule is CC(CCNC(=O)OCC1c2ccccc2-c2ccccc21)CCC(=O)NCC[C@H](O)C(=O)O. The number of nitrogens with one attached hydrogen (secondary N) is 2. The quantitative estimate of drug-likeness (QED) is 0.379. The number of hydrogen-bond donors (Lipinski definition) is 4. The Morgan fingerprint density at radius 1 is 0.912 bits per heavy atom. The first-order valence-electron chi connectivity index (χ1n) is 11.6. The molecule has 34 heavy (non-hydrogen) atoms. The molecule has 3 rings (SSSR count). The van der Waals surface area contributed by atoms with Crippen molar-refractivity contribution in [1.29, 1.82) is 0 Å². The molecule has 0 spiro atoms. The molecule has 2 aromatic rings. The molecule has 0 aliphatic heterocycles. The summed E-state index contributed by atoms with van der Waals surface area (Å²) in [6.45, 7) is 2.83. The molecule has 8 nitrogen and oxygen atoms in total. The standard InChI is InChI=1S/C26H32N2O6/c1-17(10-11-24(30)27-15-13-23(29)25(31)32)12-14-28-26(33)34-16-22-20-8-4-2-6-18(20)19-7-3-5-9-21(19)22/h2-9,17,22-23,29H,10-16H2,1H3,(H,27,30)(H,28,33)(H,31,32)/t17?,23-/m0/s1. The predicted molar refractivity (Wildman–Crippen MR) is 127 cm³/mol. The number of carboxylic acids is 1. The summed E-state index contributed by atoms with van der Waals surface area (Å²) in [7, 11) is 0. The van der Waals surface area contributed by atoms with E-state index in [1.54, 1.807) is 0 Å². The Bertz CT molecular complexity index is 963. The van der Waals surface area contributed by atoms with Gasteiger partial charge in [-0.1, -0.05) is 55.5 Å². The third kappa shape index (κ3) is 6.81. The lowest BCUT2D eigenvalue weighted by atomic mass is 9.98. The number of rotatable bonds is 12. The third-order valence-corrected chi connectivity index (χ3v) is 6.14. The molecule has 2 aromatic carbocycles. The maximum Gasteiger partial charge on any atom is 0.407 e. The number of carbonyl (C=O) groups excluding carboxylic acids is 2. The summed E-state index contributed by atoms with van der Waals surface area (Å²) >= 11 is 0. The number of fused-ring (bicyclic) bond motifs is 3. The van der Waals surface area contributed by atoms with Crippen molar-refractivity contribution in [3.8, 4) is 11.1 Å². The molecular formula is C26H32N2O6. The number of carbonyl (C=O) groups is 3. The zero-order valence-electron chi connectivity index (χ0n) is 19.3. The fourth-order valence-corrected chi connectivity index (χ4v) is 4.15. The van der Waals surface area contributed by atoms with Crippen LogP contribution in [0.4, 0.5) is 4.79 Å². The number of aliphatic carboxylic acids is 1. The number of hydrogen-bond acceptors (Lipinski definition) is 5. The largest absolute Gasteiger partial charge is 0.479 e. The van der Waals surface area contributed by atoms with E-state index in [1.165, 1.54) is 22.3 Å². The van der Waals surface area contributed by atoms with Gasteiger partial charge in [-0.2, -0.15) is 0 Å². The van der Waals surface area contributed by atoms with Gasteiger partial charge in [0.25, 0.3) is 0 Å². The first kappa shape index (κ1) is 25.2. The van der Waals surface area contributed by atoms with Crippen molar-refractivity contribution in [2.75, 3.05) is 19.7 Å². The zero-order valence-corrected chi connectivity index (χ0v) is 19.3. The Kier molecular flexibility index (Phi) is 9.04. The predicted octanol–water partition coefficient (Wildman–Crippen LogP) is 3.28. The van der Waals surface area contributed by atoms with E-state index in [-0.39, 0.29) is 37.3 Å². The van der Waals surface area contributed by atoms with E-state index in [2.05, 4.69) is 34.9 Å². The lowest BCUT2D eigenvalue weighted by molar-refractivity contribution is -0.147. The molecular weight excluding hydrogens is 436 g/mol. The van der Waals surface area contributed by atoms with E-state index < -0.39 is 18.2 Å². The number of benzene rings is 2. The molecule has 2 amide bonds. The highest BCUT2D eigenvalue weighted by molar-refractivity contribution is 5.79. The number of carboxylic acid groups (broad SMARTS) is 1. The maximum atomic E-state index is 12.2. The molecule has 0 saturated heterocycles. The van der Waals surface area contributed by atoms with Gasteiger partial charge in [-0.15, -0.1) is 0 Å². The Balaban J connectivity index is 1.33. The lowest BCUT2D eigenvalue weighted by Gasteiger charge is -2.15. The first-order valence-corrected chi connectivity index (χ1v) is 11.6. The van der Waals surface area contributed by atoms with Gasteiger partial charge in [-0.3, -0.25) is 4.79 Å². The van der Waals surface area contributed by atoms with E-state index in [4.69, 9.17) is 9.84 Å².